The molecule has 1 aromatic heterocycles. The summed E-state index contributed by atoms with van der Waals surface area (Å²) in [6.07, 6.45) is 1.37. The number of pyridine rings is 1. The molecule has 0 unspecified atom stereocenters. The Morgan fingerprint density at radius 2 is 1.90 bits per heavy atom. The van der Waals surface area contributed by atoms with Crippen LogP contribution in [-0.2, 0) is 0 Å². The van der Waals surface area contributed by atoms with Crippen LogP contribution in [0.25, 0.3) is 0 Å². The fourth-order valence-corrected chi connectivity index (χ4v) is 1.87. The Morgan fingerprint density at radius 3 is 2.62 bits per heavy atom. The Balaban J connectivity index is 2.16. The van der Waals surface area contributed by atoms with Gasteiger partial charge in [0.2, 0.25) is 0 Å². The van der Waals surface area contributed by atoms with Gasteiger partial charge in [0.1, 0.15) is 11.4 Å². The number of carbonyl (C=O) groups is 2. The maximum atomic E-state index is 11.9. The Bertz CT molecular complexity index is 707. The first-order chi connectivity index (χ1) is 9.97. The molecule has 3 N–H and O–H groups in total. The Kier molecular flexibility index (Phi) is 4.62. The highest BCUT2D eigenvalue weighted by Gasteiger charge is 2.14. The number of benzene rings is 1. The van der Waals surface area contributed by atoms with Gasteiger partial charge in [-0.05, 0) is 30.3 Å². The lowest BCUT2D eigenvalue weighted by molar-refractivity contribution is 0.0697. The van der Waals surface area contributed by atoms with Crippen molar-refractivity contribution in [2.45, 2.75) is 0 Å². The van der Waals surface area contributed by atoms with E-state index in [9.17, 15) is 9.59 Å². The van der Waals surface area contributed by atoms with E-state index >= 15 is 0 Å². The first-order valence-electron chi connectivity index (χ1n) is 5.69. The standard InChI is InChI=1S/C13H9Cl2N3O3/c14-7-3-4-9(15)10(6-7)17-13(21)18-11-8(12(19)20)2-1-5-16-11/h1-6H,(H,19,20)(H2,16,17,18,21). The van der Waals surface area contributed by atoms with Crippen molar-refractivity contribution in [1.29, 1.82) is 0 Å². The molecule has 0 aliphatic heterocycles. The molecule has 0 aliphatic carbocycles. The zero-order valence-corrected chi connectivity index (χ0v) is 11.9. The van der Waals surface area contributed by atoms with Crippen LogP contribution >= 0.6 is 23.2 Å². The summed E-state index contributed by atoms with van der Waals surface area (Å²) in [6.45, 7) is 0. The molecule has 0 aliphatic rings. The fraction of sp³-hybridized carbons (Fsp3) is 0. The molecule has 0 spiro atoms. The van der Waals surface area contributed by atoms with Crippen LogP contribution in [0, 0.1) is 0 Å². The number of carboxylic acids is 1. The van der Waals surface area contributed by atoms with Crippen LogP contribution in [0.3, 0.4) is 0 Å². The summed E-state index contributed by atoms with van der Waals surface area (Å²) in [6, 6.07) is 6.69. The van der Waals surface area contributed by atoms with E-state index < -0.39 is 12.0 Å². The van der Waals surface area contributed by atoms with E-state index in [0.717, 1.165) is 0 Å². The van der Waals surface area contributed by atoms with Gasteiger partial charge in [0.15, 0.2) is 0 Å². The zero-order valence-electron chi connectivity index (χ0n) is 10.4. The monoisotopic (exact) mass is 325 g/mol. The summed E-state index contributed by atoms with van der Waals surface area (Å²) in [4.78, 5) is 26.7. The fourth-order valence-electron chi connectivity index (χ4n) is 1.53. The van der Waals surface area contributed by atoms with E-state index in [1.165, 1.54) is 30.5 Å². The third-order valence-corrected chi connectivity index (χ3v) is 3.01. The van der Waals surface area contributed by atoms with E-state index in [1.807, 2.05) is 0 Å². The quantitative estimate of drug-likeness (QED) is 0.801. The van der Waals surface area contributed by atoms with E-state index in [1.54, 1.807) is 6.07 Å². The molecule has 8 heteroatoms. The molecular formula is C13H9Cl2N3O3. The summed E-state index contributed by atoms with van der Waals surface area (Å²) >= 11 is 11.7. The van der Waals surface area contributed by atoms with Crippen LogP contribution in [0.5, 0.6) is 0 Å². The number of aromatic carboxylic acids is 1. The van der Waals surface area contributed by atoms with Crippen molar-refractivity contribution in [2.24, 2.45) is 0 Å². The lowest BCUT2D eigenvalue weighted by Crippen LogP contribution is -2.22. The SMILES string of the molecule is O=C(Nc1cc(Cl)ccc1Cl)Nc1ncccc1C(=O)O. The van der Waals surface area contributed by atoms with Crippen molar-refractivity contribution >= 4 is 46.7 Å². The predicted octanol–water partition coefficient (Wildman–Crippen LogP) is 3.73. The highest BCUT2D eigenvalue weighted by atomic mass is 35.5. The van der Waals surface area contributed by atoms with Crippen molar-refractivity contribution in [3.05, 3.63) is 52.1 Å². The number of aromatic nitrogens is 1. The van der Waals surface area contributed by atoms with Gasteiger partial charge in [0.25, 0.3) is 0 Å². The lowest BCUT2D eigenvalue weighted by atomic mass is 10.2. The first kappa shape index (κ1) is 15.1. The number of hydrogen-bond acceptors (Lipinski definition) is 3. The van der Waals surface area contributed by atoms with E-state index in [4.69, 9.17) is 28.3 Å². The highest BCUT2D eigenvalue weighted by Crippen LogP contribution is 2.25. The number of hydrogen-bond donors (Lipinski definition) is 3. The lowest BCUT2D eigenvalue weighted by Gasteiger charge is -2.10. The maximum Gasteiger partial charge on any atom is 0.339 e. The summed E-state index contributed by atoms with van der Waals surface area (Å²) in [5.74, 6) is -1.26. The van der Waals surface area contributed by atoms with Gasteiger partial charge < -0.3 is 10.4 Å². The molecule has 0 radical (unpaired) electrons. The minimum absolute atomic E-state index is 0.0688. The van der Waals surface area contributed by atoms with E-state index in [-0.39, 0.29) is 11.4 Å². The van der Waals surface area contributed by atoms with Gasteiger partial charge in [-0.2, -0.15) is 0 Å². The Morgan fingerprint density at radius 1 is 1.14 bits per heavy atom. The molecule has 0 saturated carbocycles. The molecule has 0 bridgehead atoms. The van der Waals surface area contributed by atoms with Gasteiger partial charge in [-0.3, -0.25) is 5.32 Å². The van der Waals surface area contributed by atoms with Gasteiger partial charge >= 0.3 is 12.0 Å². The minimum atomic E-state index is -1.20. The highest BCUT2D eigenvalue weighted by molar-refractivity contribution is 6.35. The van der Waals surface area contributed by atoms with Crippen molar-refractivity contribution in [3.8, 4) is 0 Å². The summed E-state index contributed by atoms with van der Waals surface area (Å²) in [5.41, 5.74) is 0.180. The van der Waals surface area contributed by atoms with Crippen LogP contribution < -0.4 is 10.6 Å². The molecule has 108 valence electrons. The number of halogens is 2. The molecule has 21 heavy (non-hydrogen) atoms. The number of amides is 2. The average molecular weight is 326 g/mol. The van der Waals surface area contributed by atoms with Crippen LogP contribution in [0.2, 0.25) is 10.0 Å². The maximum absolute atomic E-state index is 11.9. The van der Waals surface area contributed by atoms with E-state index in [0.29, 0.717) is 15.7 Å². The number of carboxylic acid groups (broad SMARTS) is 1. The van der Waals surface area contributed by atoms with Gasteiger partial charge in [0.05, 0.1) is 10.7 Å². The van der Waals surface area contributed by atoms with Gasteiger partial charge in [-0.15, -0.1) is 0 Å². The first-order valence-corrected chi connectivity index (χ1v) is 6.44. The van der Waals surface area contributed by atoms with Gasteiger partial charge in [0, 0.05) is 11.2 Å². The molecule has 1 heterocycles. The van der Waals surface area contributed by atoms with Crippen LogP contribution in [0.15, 0.2) is 36.5 Å². The summed E-state index contributed by atoms with van der Waals surface area (Å²) in [7, 11) is 0. The molecule has 0 saturated heterocycles. The number of rotatable bonds is 3. The molecule has 1 aromatic carbocycles. The average Bonchev–Trinajstić information content (AvgIpc) is 2.43. The topological polar surface area (TPSA) is 91.3 Å². The largest absolute Gasteiger partial charge is 0.478 e. The minimum Gasteiger partial charge on any atom is -0.478 e. The third-order valence-electron chi connectivity index (χ3n) is 2.45. The third kappa shape index (κ3) is 3.84. The molecular weight excluding hydrogens is 317 g/mol. The smallest absolute Gasteiger partial charge is 0.339 e. The second kappa shape index (κ2) is 6.43. The molecule has 0 fully saturated rings. The van der Waals surface area contributed by atoms with Crippen LogP contribution in [0.4, 0.5) is 16.3 Å². The number of nitrogens with one attached hydrogen (secondary N) is 2. The van der Waals surface area contributed by atoms with Crippen molar-refractivity contribution in [2.75, 3.05) is 10.6 Å². The van der Waals surface area contributed by atoms with Crippen molar-refractivity contribution in [1.82, 2.24) is 4.98 Å². The van der Waals surface area contributed by atoms with Gasteiger partial charge in [-0.25, -0.2) is 14.6 Å². The van der Waals surface area contributed by atoms with Crippen LogP contribution in [-0.4, -0.2) is 22.1 Å². The number of carbonyl (C=O) groups excluding carboxylic acids is 1. The molecule has 0 atom stereocenters. The summed E-state index contributed by atoms with van der Waals surface area (Å²) < 4.78 is 0. The molecule has 2 amide bonds. The number of urea groups is 1. The Hall–Kier alpha value is -2.31. The molecule has 2 rings (SSSR count). The summed E-state index contributed by atoms with van der Waals surface area (Å²) in [5, 5.41) is 14.5. The second-order valence-corrected chi connectivity index (χ2v) is 4.75. The molecule has 2 aromatic rings. The van der Waals surface area contributed by atoms with Crippen molar-refractivity contribution < 1.29 is 14.7 Å². The van der Waals surface area contributed by atoms with Gasteiger partial charge in [-0.1, -0.05) is 23.2 Å². The zero-order chi connectivity index (χ0) is 15.4. The normalized spacial score (nSPS) is 10.0. The predicted molar refractivity (Wildman–Crippen MR) is 80.3 cm³/mol. The second-order valence-electron chi connectivity index (χ2n) is 3.91. The number of anilines is 2. The van der Waals surface area contributed by atoms with E-state index in [2.05, 4.69) is 15.6 Å². The Labute approximate surface area is 129 Å². The number of nitrogens with zero attached hydrogens (tertiary/aromatic N) is 1. The molecule has 6 nitrogen and oxygen atoms in total. The van der Waals surface area contributed by atoms with Crippen LogP contribution in [0.1, 0.15) is 10.4 Å². The van der Waals surface area contributed by atoms with Crippen molar-refractivity contribution in [3.63, 3.8) is 0 Å².